The van der Waals surface area contributed by atoms with E-state index in [0.29, 0.717) is 5.71 Å². The molecule has 3 heteroatoms. The molecule has 0 amide bonds. The van der Waals surface area contributed by atoms with E-state index in [2.05, 4.69) is 37.7 Å². The van der Waals surface area contributed by atoms with Crippen molar-refractivity contribution in [2.45, 2.75) is 52.9 Å². The number of hydrogen-bond acceptors (Lipinski definition) is 1. The van der Waals surface area contributed by atoms with Gasteiger partial charge in [-0.1, -0.05) is 36.3 Å². The van der Waals surface area contributed by atoms with Crippen LogP contribution in [-0.2, 0) is 4.79 Å². The van der Waals surface area contributed by atoms with Crippen LogP contribution in [0, 0.1) is 11.3 Å². The minimum atomic E-state index is -0.155. The first kappa shape index (κ1) is 15.7. The van der Waals surface area contributed by atoms with Gasteiger partial charge in [0.15, 0.2) is 0 Å². The smallest absolute Gasteiger partial charge is 0.342 e. The van der Waals surface area contributed by atoms with Gasteiger partial charge in [-0.2, -0.15) is 4.79 Å². The van der Waals surface area contributed by atoms with Crippen LogP contribution in [0.15, 0.2) is 35.5 Å². The highest BCUT2D eigenvalue weighted by atomic mass is 16.1. The molecule has 0 aromatic rings. The van der Waals surface area contributed by atoms with Gasteiger partial charge in [0, 0.05) is 5.41 Å². The van der Waals surface area contributed by atoms with E-state index in [9.17, 15) is 10.3 Å². The topological polar surface area (TPSA) is 53.5 Å². The van der Waals surface area contributed by atoms with Crippen molar-refractivity contribution in [1.82, 2.24) is 0 Å². The molecule has 0 heterocycles. The maximum atomic E-state index is 12.0. The first-order valence-electron chi connectivity index (χ1n) is 7.73. The second-order valence-corrected chi connectivity index (χ2v) is 6.62. The van der Waals surface area contributed by atoms with Crippen LogP contribution in [0.2, 0.25) is 0 Å². The minimum Gasteiger partial charge on any atom is -0.361 e. The summed E-state index contributed by atoms with van der Waals surface area (Å²) in [6, 6.07) is 0. The Morgan fingerprint density at radius 2 is 1.95 bits per heavy atom. The van der Waals surface area contributed by atoms with Crippen LogP contribution in [0.3, 0.4) is 0 Å². The molecular weight excluding hydrogens is 260 g/mol. The van der Waals surface area contributed by atoms with Crippen molar-refractivity contribution in [3.05, 3.63) is 41.0 Å². The summed E-state index contributed by atoms with van der Waals surface area (Å²) in [5, 5.41) is 0. The van der Waals surface area contributed by atoms with Gasteiger partial charge in [-0.15, -0.1) is 0 Å². The molecule has 21 heavy (non-hydrogen) atoms. The fraction of sp³-hybridized carbons (Fsp3) is 0.556. The summed E-state index contributed by atoms with van der Waals surface area (Å²) < 4.78 is 0. The van der Waals surface area contributed by atoms with E-state index in [4.69, 9.17) is 0 Å². The van der Waals surface area contributed by atoms with Gasteiger partial charge in [-0.3, -0.25) is 4.79 Å². The SMILES string of the molecule is C/C1=C/C[C@]2(C)C=CC(=O)C(=[N+]=[N-])[C@H]2CC/C(C)=C\CC1. The average Bonchev–Trinajstić information content (AvgIpc) is 2.47. The van der Waals surface area contributed by atoms with Gasteiger partial charge in [0.2, 0.25) is 0 Å². The molecule has 3 nitrogen and oxygen atoms in total. The van der Waals surface area contributed by atoms with Crippen LogP contribution in [0.5, 0.6) is 0 Å². The van der Waals surface area contributed by atoms with Gasteiger partial charge in [0.25, 0.3) is 5.78 Å². The molecule has 0 unspecified atom stereocenters. The van der Waals surface area contributed by atoms with Crippen LogP contribution in [-0.4, -0.2) is 16.3 Å². The summed E-state index contributed by atoms with van der Waals surface area (Å²) in [6.07, 6.45) is 13.0. The zero-order valence-electron chi connectivity index (χ0n) is 13.2. The van der Waals surface area contributed by atoms with E-state index in [1.807, 2.05) is 6.08 Å². The maximum absolute atomic E-state index is 12.0. The number of allylic oxidation sites excluding steroid dienone is 6. The highest BCUT2D eigenvalue weighted by molar-refractivity contribution is 6.43. The molecule has 0 aliphatic heterocycles. The second-order valence-electron chi connectivity index (χ2n) is 6.62. The molecule has 0 bridgehead atoms. The number of nitrogens with zero attached hydrogens (tertiary/aromatic N) is 2. The Labute approximate surface area is 127 Å². The van der Waals surface area contributed by atoms with Gasteiger partial charge in [0.05, 0.1) is 5.92 Å². The quantitative estimate of drug-likeness (QED) is 0.372. The molecule has 2 aliphatic carbocycles. The van der Waals surface area contributed by atoms with Crippen LogP contribution in [0.1, 0.15) is 52.9 Å². The van der Waals surface area contributed by atoms with Crippen LogP contribution >= 0.6 is 0 Å². The molecule has 2 rings (SSSR count). The third-order valence-corrected chi connectivity index (χ3v) is 4.85. The van der Waals surface area contributed by atoms with E-state index in [0.717, 1.165) is 32.1 Å². The summed E-state index contributed by atoms with van der Waals surface area (Å²) in [6.45, 7) is 6.47. The van der Waals surface area contributed by atoms with Crippen molar-refractivity contribution in [3.63, 3.8) is 0 Å². The third-order valence-electron chi connectivity index (χ3n) is 4.85. The Kier molecular flexibility index (Phi) is 4.74. The molecule has 0 radical (unpaired) electrons. The highest BCUT2D eigenvalue weighted by Crippen LogP contribution is 2.41. The minimum absolute atomic E-state index is 0.0227. The van der Waals surface area contributed by atoms with E-state index in [-0.39, 0.29) is 17.1 Å². The predicted octanol–water partition coefficient (Wildman–Crippen LogP) is 4.28. The van der Waals surface area contributed by atoms with Gasteiger partial charge >= 0.3 is 5.71 Å². The zero-order chi connectivity index (χ0) is 15.5. The van der Waals surface area contributed by atoms with Crippen molar-refractivity contribution in [2.24, 2.45) is 11.3 Å². The van der Waals surface area contributed by atoms with Gasteiger partial charge in [0.1, 0.15) is 0 Å². The molecule has 0 N–H and O–H groups in total. The molecule has 0 saturated heterocycles. The Hall–Kier alpha value is -1.73. The lowest BCUT2D eigenvalue weighted by atomic mass is 9.66. The Balaban J connectivity index is 2.43. The summed E-state index contributed by atoms with van der Waals surface area (Å²) in [5.41, 5.74) is 12.2. The Bertz CT molecular complexity index is 576. The van der Waals surface area contributed by atoms with Crippen LogP contribution < -0.4 is 0 Å². The van der Waals surface area contributed by atoms with Gasteiger partial charge in [-0.25, -0.2) is 0 Å². The van der Waals surface area contributed by atoms with Crippen molar-refractivity contribution in [3.8, 4) is 0 Å². The lowest BCUT2D eigenvalue weighted by Crippen LogP contribution is -2.39. The van der Waals surface area contributed by atoms with Crippen molar-refractivity contribution in [1.29, 1.82) is 0 Å². The summed E-state index contributed by atoms with van der Waals surface area (Å²) in [4.78, 5) is 15.3. The maximum Gasteiger partial charge on any atom is 0.342 e. The Morgan fingerprint density at radius 1 is 1.24 bits per heavy atom. The summed E-state index contributed by atoms with van der Waals surface area (Å²) in [5.74, 6) is -0.178. The van der Waals surface area contributed by atoms with E-state index < -0.39 is 0 Å². The molecule has 2 aliphatic rings. The van der Waals surface area contributed by atoms with Crippen molar-refractivity contribution in [2.75, 3.05) is 0 Å². The molecule has 0 saturated carbocycles. The molecule has 0 spiro atoms. The van der Waals surface area contributed by atoms with E-state index in [1.54, 1.807) is 6.08 Å². The zero-order valence-corrected chi connectivity index (χ0v) is 13.2. The lowest BCUT2D eigenvalue weighted by Gasteiger charge is -2.34. The number of hydrogen-bond donors (Lipinski definition) is 0. The average molecular weight is 284 g/mol. The molecule has 2 atom stereocenters. The van der Waals surface area contributed by atoms with Crippen LogP contribution in [0.4, 0.5) is 0 Å². The van der Waals surface area contributed by atoms with Crippen molar-refractivity contribution < 1.29 is 9.58 Å². The molecule has 0 aromatic heterocycles. The first-order valence-corrected chi connectivity index (χ1v) is 7.73. The number of carbonyl (C=O) groups excluding carboxylic acids is 1. The number of fused-ring (bicyclic) bond motifs is 1. The number of rotatable bonds is 0. The highest BCUT2D eigenvalue weighted by Gasteiger charge is 2.45. The first-order chi connectivity index (χ1) is 9.96. The largest absolute Gasteiger partial charge is 0.361 e. The standard InChI is InChI=1S/C18H24N2O/c1-13-5-4-6-14(2)9-11-18(3)12-10-16(21)17(20-19)15(18)8-7-13/h5,9-10,12,15H,4,6-8,11H2,1-3H3/b13-5-,14-9-/t15-,18-/m1/s1. The van der Waals surface area contributed by atoms with E-state index in [1.165, 1.54) is 11.1 Å². The fourth-order valence-electron chi connectivity index (χ4n) is 3.26. The molecule has 0 fully saturated rings. The van der Waals surface area contributed by atoms with Crippen LogP contribution in [0.25, 0.3) is 5.53 Å². The van der Waals surface area contributed by atoms with Gasteiger partial charge in [-0.05, 0) is 52.0 Å². The number of carbonyl (C=O) groups is 1. The lowest BCUT2D eigenvalue weighted by molar-refractivity contribution is -0.115. The second kappa shape index (κ2) is 6.36. The van der Waals surface area contributed by atoms with Gasteiger partial charge < -0.3 is 5.53 Å². The third kappa shape index (κ3) is 3.48. The summed E-state index contributed by atoms with van der Waals surface area (Å²) in [7, 11) is 0. The number of ketones is 1. The predicted molar refractivity (Wildman–Crippen MR) is 85.0 cm³/mol. The Morgan fingerprint density at radius 3 is 2.67 bits per heavy atom. The molecular formula is C18H24N2O. The normalized spacial score (nSPS) is 35.7. The monoisotopic (exact) mass is 284 g/mol. The molecule has 112 valence electrons. The van der Waals surface area contributed by atoms with Crippen molar-refractivity contribution >= 4 is 11.5 Å². The fourth-order valence-corrected chi connectivity index (χ4v) is 3.26. The molecule has 0 aromatic carbocycles. The van der Waals surface area contributed by atoms with E-state index >= 15 is 0 Å². The summed E-state index contributed by atoms with van der Waals surface area (Å²) >= 11 is 0.